The predicted octanol–water partition coefficient (Wildman–Crippen LogP) is 4.12. The lowest BCUT2D eigenvalue weighted by Gasteiger charge is -2.01. The number of methoxy groups -OCH3 is 1. The first-order chi connectivity index (χ1) is 9.79. The van der Waals surface area contributed by atoms with Crippen molar-refractivity contribution in [1.29, 1.82) is 0 Å². The van der Waals surface area contributed by atoms with Crippen LogP contribution in [0.1, 0.15) is 27.9 Å². The molecule has 2 aromatic rings. The minimum Gasteiger partial charge on any atom is -0.465 e. The molecule has 0 aliphatic carbocycles. The Labute approximate surface area is 119 Å². The van der Waals surface area contributed by atoms with Gasteiger partial charge in [-0.2, -0.15) is 0 Å². The van der Waals surface area contributed by atoms with E-state index in [-0.39, 0.29) is 5.97 Å². The van der Waals surface area contributed by atoms with Gasteiger partial charge in [0.05, 0.1) is 12.7 Å². The molecule has 20 heavy (non-hydrogen) atoms. The number of carbonyl (C=O) groups excluding carboxylic acids is 1. The van der Waals surface area contributed by atoms with E-state index in [9.17, 15) is 4.79 Å². The standard InChI is InChI=1S/C18H18O2/c1-20-18(19)17-13-11-16(12-14-17)10-6-5-9-15-7-3-2-4-8-15/h2-5,7-9,11-14H,6,10H2,1H3/b9-5+. The summed E-state index contributed by atoms with van der Waals surface area (Å²) in [5.74, 6) is -0.291. The van der Waals surface area contributed by atoms with Crippen molar-refractivity contribution in [3.05, 3.63) is 77.4 Å². The van der Waals surface area contributed by atoms with E-state index in [1.54, 1.807) is 0 Å². The molecular formula is C18H18O2. The van der Waals surface area contributed by atoms with Crippen molar-refractivity contribution in [3.8, 4) is 0 Å². The smallest absolute Gasteiger partial charge is 0.337 e. The number of aryl methyl sites for hydroxylation is 1. The Morgan fingerprint density at radius 3 is 2.40 bits per heavy atom. The first kappa shape index (κ1) is 14.1. The lowest BCUT2D eigenvalue weighted by Crippen LogP contribution is -2.00. The van der Waals surface area contributed by atoms with Crippen LogP contribution in [0.25, 0.3) is 6.08 Å². The fourth-order valence-corrected chi connectivity index (χ4v) is 1.96. The summed E-state index contributed by atoms with van der Waals surface area (Å²) in [6.07, 6.45) is 6.24. The highest BCUT2D eigenvalue weighted by Gasteiger charge is 2.03. The van der Waals surface area contributed by atoms with E-state index in [1.807, 2.05) is 42.5 Å². The van der Waals surface area contributed by atoms with Crippen LogP contribution in [-0.4, -0.2) is 13.1 Å². The van der Waals surface area contributed by atoms with E-state index in [1.165, 1.54) is 18.2 Å². The zero-order valence-corrected chi connectivity index (χ0v) is 11.6. The third-order valence-electron chi connectivity index (χ3n) is 3.08. The Bertz CT molecular complexity index is 568. The molecule has 0 spiro atoms. The molecule has 0 aliphatic rings. The summed E-state index contributed by atoms with van der Waals surface area (Å²) >= 11 is 0. The molecule has 102 valence electrons. The van der Waals surface area contributed by atoms with Gasteiger partial charge in [-0.1, -0.05) is 54.6 Å². The van der Waals surface area contributed by atoms with Gasteiger partial charge in [0, 0.05) is 0 Å². The highest BCUT2D eigenvalue weighted by atomic mass is 16.5. The zero-order valence-electron chi connectivity index (χ0n) is 11.6. The minimum absolute atomic E-state index is 0.291. The lowest BCUT2D eigenvalue weighted by molar-refractivity contribution is 0.0600. The zero-order chi connectivity index (χ0) is 14.2. The largest absolute Gasteiger partial charge is 0.465 e. The normalized spacial score (nSPS) is 10.7. The first-order valence-electron chi connectivity index (χ1n) is 6.68. The van der Waals surface area contributed by atoms with Crippen LogP contribution in [0.15, 0.2) is 60.7 Å². The maximum Gasteiger partial charge on any atom is 0.337 e. The molecule has 0 atom stereocenters. The number of hydrogen-bond acceptors (Lipinski definition) is 2. The molecule has 0 unspecified atom stereocenters. The van der Waals surface area contributed by atoms with Crippen molar-refractivity contribution in [1.82, 2.24) is 0 Å². The molecule has 0 aliphatic heterocycles. The van der Waals surface area contributed by atoms with Gasteiger partial charge in [-0.15, -0.1) is 0 Å². The number of rotatable bonds is 5. The summed E-state index contributed by atoms with van der Waals surface area (Å²) < 4.78 is 4.67. The number of carbonyl (C=O) groups is 1. The van der Waals surface area contributed by atoms with Gasteiger partial charge in [0.15, 0.2) is 0 Å². The summed E-state index contributed by atoms with van der Waals surface area (Å²) in [6, 6.07) is 17.8. The predicted molar refractivity (Wildman–Crippen MR) is 81.6 cm³/mol. The van der Waals surface area contributed by atoms with Gasteiger partial charge in [0.25, 0.3) is 0 Å². The van der Waals surface area contributed by atoms with Crippen LogP contribution in [0, 0.1) is 0 Å². The van der Waals surface area contributed by atoms with E-state index in [0.717, 1.165) is 12.8 Å². The Morgan fingerprint density at radius 1 is 1.05 bits per heavy atom. The van der Waals surface area contributed by atoms with Crippen LogP contribution < -0.4 is 0 Å². The maximum atomic E-state index is 11.3. The van der Waals surface area contributed by atoms with Gasteiger partial charge in [0.1, 0.15) is 0 Å². The molecule has 0 saturated carbocycles. The van der Waals surface area contributed by atoms with Gasteiger partial charge in [-0.25, -0.2) is 4.79 Å². The molecule has 0 heterocycles. The van der Waals surface area contributed by atoms with Crippen molar-refractivity contribution in [2.24, 2.45) is 0 Å². The van der Waals surface area contributed by atoms with E-state index < -0.39 is 0 Å². The van der Waals surface area contributed by atoms with Crippen LogP contribution in [0.5, 0.6) is 0 Å². The SMILES string of the molecule is COC(=O)c1ccc(CC/C=C/c2ccccc2)cc1. The van der Waals surface area contributed by atoms with E-state index in [0.29, 0.717) is 5.56 Å². The second-order valence-electron chi connectivity index (χ2n) is 4.54. The summed E-state index contributed by atoms with van der Waals surface area (Å²) in [5, 5.41) is 0. The molecule has 0 fully saturated rings. The Kier molecular flexibility index (Phi) is 5.13. The lowest BCUT2D eigenvalue weighted by atomic mass is 10.1. The number of ether oxygens (including phenoxy) is 1. The Hall–Kier alpha value is -2.35. The summed E-state index contributed by atoms with van der Waals surface area (Å²) in [6.45, 7) is 0. The first-order valence-corrected chi connectivity index (χ1v) is 6.68. The number of allylic oxidation sites excluding steroid dienone is 1. The van der Waals surface area contributed by atoms with Crippen LogP contribution in [0.2, 0.25) is 0 Å². The van der Waals surface area contributed by atoms with Crippen LogP contribution in [0.3, 0.4) is 0 Å². The summed E-state index contributed by atoms with van der Waals surface area (Å²) in [5.41, 5.74) is 3.03. The fraction of sp³-hybridized carbons (Fsp3) is 0.167. The van der Waals surface area contributed by atoms with Crippen LogP contribution in [-0.2, 0) is 11.2 Å². The molecule has 2 aromatic carbocycles. The molecular weight excluding hydrogens is 248 g/mol. The molecule has 2 nitrogen and oxygen atoms in total. The van der Waals surface area contributed by atoms with Gasteiger partial charge in [-0.3, -0.25) is 0 Å². The molecule has 0 N–H and O–H groups in total. The third-order valence-corrected chi connectivity index (χ3v) is 3.08. The molecule has 2 rings (SSSR count). The quantitative estimate of drug-likeness (QED) is 0.761. The van der Waals surface area contributed by atoms with Crippen LogP contribution >= 0.6 is 0 Å². The third kappa shape index (κ3) is 4.09. The molecule has 0 bridgehead atoms. The second-order valence-corrected chi connectivity index (χ2v) is 4.54. The van der Waals surface area contributed by atoms with Crippen molar-refractivity contribution in [2.45, 2.75) is 12.8 Å². The number of esters is 1. The average Bonchev–Trinajstić information content (AvgIpc) is 2.52. The molecule has 0 aromatic heterocycles. The average molecular weight is 266 g/mol. The van der Waals surface area contributed by atoms with E-state index in [2.05, 4.69) is 29.0 Å². The molecule has 2 heteroatoms. The van der Waals surface area contributed by atoms with Crippen molar-refractivity contribution < 1.29 is 9.53 Å². The highest BCUT2D eigenvalue weighted by Crippen LogP contribution is 2.09. The van der Waals surface area contributed by atoms with E-state index >= 15 is 0 Å². The number of hydrogen-bond donors (Lipinski definition) is 0. The summed E-state index contributed by atoms with van der Waals surface area (Å²) in [4.78, 5) is 11.3. The fourth-order valence-electron chi connectivity index (χ4n) is 1.96. The molecule has 0 saturated heterocycles. The molecule has 0 radical (unpaired) electrons. The molecule has 0 amide bonds. The van der Waals surface area contributed by atoms with Gasteiger partial charge >= 0.3 is 5.97 Å². The van der Waals surface area contributed by atoms with Gasteiger partial charge in [0.2, 0.25) is 0 Å². The van der Waals surface area contributed by atoms with Gasteiger partial charge < -0.3 is 4.74 Å². The van der Waals surface area contributed by atoms with E-state index in [4.69, 9.17) is 0 Å². The number of benzene rings is 2. The Balaban J connectivity index is 1.85. The van der Waals surface area contributed by atoms with Crippen molar-refractivity contribution >= 4 is 12.0 Å². The maximum absolute atomic E-state index is 11.3. The topological polar surface area (TPSA) is 26.3 Å². The van der Waals surface area contributed by atoms with Crippen molar-refractivity contribution in [2.75, 3.05) is 7.11 Å². The summed E-state index contributed by atoms with van der Waals surface area (Å²) in [7, 11) is 1.39. The highest BCUT2D eigenvalue weighted by molar-refractivity contribution is 5.89. The van der Waals surface area contributed by atoms with Crippen molar-refractivity contribution in [3.63, 3.8) is 0 Å². The minimum atomic E-state index is -0.291. The Morgan fingerprint density at radius 2 is 1.75 bits per heavy atom. The van der Waals surface area contributed by atoms with Gasteiger partial charge in [-0.05, 0) is 36.1 Å². The monoisotopic (exact) mass is 266 g/mol. The second kappa shape index (κ2) is 7.29. The van der Waals surface area contributed by atoms with Crippen LogP contribution in [0.4, 0.5) is 0 Å².